The molecule has 3 fully saturated rings. The highest BCUT2D eigenvalue weighted by Gasteiger charge is 2.40. The van der Waals surface area contributed by atoms with Crippen LogP contribution >= 0.6 is 0 Å². The predicted molar refractivity (Wildman–Crippen MR) is 128 cm³/mol. The van der Waals surface area contributed by atoms with Crippen molar-refractivity contribution >= 4 is 16.8 Å². The van der Waals surface area contributed by atoms with Gasteiger partial charge in [0.2, 0.25) is 0 Å². The minimum absolute atomic E-state index is 0.00685. The average Bonchev–Trinajstić information content (AvgIpc) is 3.58. The first-order valence-corrected chi connectivity index (χ1v) is 12.6. The van der Waals surface area contributed by atoms with E-state index in [1.54, 1.807) is 12.1 Å². The zero-order chi connectivity index (χ0) is 24.9. The third-order valence-corrected chi connectivity index (χ3v) is 7.65. The number of carbonyl (C=O) groups excluding carboxylic acids is 1. The summed E-state index contributed by atoms with van der Waals surface area (Å²) in [6.07, 6.45) is -0.455. The van der Waals surface area contributed by atoms with Gasteiger partial charge in [-0.05, 0) is 55.4 Å². The van der Waals surface area contributed by atoms with E-state index in [4.69, 9.17) is 9.84 Å². The lowest BCUT2D eigenvalue weighted by Crippen LogP contribution is -2.60. The van der Waals surface area contributed by atoms with E-state index in [-0.39, 0.29) is 24.0 Å². The number of carbonyl (C=O) groups is 1. The second-order valence-electron chi connectivity index (χ2n) is 10.3. The lowest BCUT2D eigenvalue weighted by atomic mass is 9.89. The Hall–Kier alpha value is -2.91. The number of amides is 1. The summed E-state index contributed by atoms with van der Waals surface area (Å²) < 4.78 is 46.5. The number of hydrogen-bond acceptors (Lipinski definition) is 4. The van der Waals surface area contributed by atoms with Gasteiger partial charge in [-0.3, -0.25) is 14.4 Å². The molecule has 3 atom stereocenters. The molecule has 2 bridgehead atoms. The Balaban J connectivity index is 1.14. The molecule has 0 radical (unpaired) electrons. The monoisotopic (exact) mass is 498 g/mol. The molecule has 6 nitrogen and oxygen atoms in total. The van der Waals surface area contributed by atoms with Crippen molar-refractivity contribution in [3.63, 3.8) is 0 Å². The van der Waals surface area contributed by atoms with Crippen molar-refractivity contribution in [2.45, 2.75) is 63.1 Å². The van der Waals surface area contributed by atoms with Crippen molar-refractivity contribution in [3.05, 3.63) is 65.4 Å². The summed E-state index contributed by atoms with van der Waals surface area (Å²) in [7, 11) is 0. The molecular weight excluding hydrogens is 469 g/mol. The maximum Gasteiger partial charge on any atom is 0.416 e. The average molecular weight is 499 g/mol. The minimum atomic E-state index is -4.33. The number of para-hydroxylation sites is 1. The van der Waals surface area contributed by atoms with Crippen LogP contribution in [0.3, 0.4) is 0 Å². The number of nitrogens with one attached hydrogen (secondary N) is 1. The summed E-state index contributed by atoms with van der Waals surface area (Å²) in [4.78, 5) is 15.6. The van der Waals surface area contributed by atoms with Gasteiger partial charge in [0, 0.05) is 36.6 Å². The highest BCUT2D eigenvalue weighted by molar-refractivity contribution is 6.05. The molecule has 36 heavy (non-hydrogen) atoms. The first-order valence-electron chi connectivity index (χ1n) is 12.6. The Kier molecular flexibility index (Phi) is 6.00. The molecule has 3 aliphatic rings. The number of morpholine rings is 1. The first kappa shape index (κ1) is 23.5. The fraction of sp³-hybridized carbons (Fsp3) is 0.481. The van der Waals surface area contributed by atoms with Gasteiger partial charge in [-0.25, -0.2) is 0 Å². The summed E-state index contributed by atoms with van der Waals surface area (Å²) in [6.45, 7) is 2.50. The molecule has 9 heteroatoms. The van der Waals surface area contributed by atoms with Crippen molar-refractivity contribution in [3.8, 4) is 0 Å². The van der Waals surface area contributed by atoms with E-state index in [0.717, 1.165) is 48.0 Å². The Morgan fingerprint density at radius 1 is 1.03 bits per heavy atom. The lowest BCUT2D eigenvalue weighted by molar-refractivity contribution is -0.137. The number of nitrogens with zero attached hydrogens (tertiary/aromatic N) is 3. The molecule has 1 saturated carbocycles. The second kappa shape index (κ2) is 9.19. The van der Waals surface area contributed by atoms with Gasteiger partial charge < -0.3 is 10.1 Å². The SMILES string of the molecule is O=C(NC1C[C@H]2COC[C@@H](C1)N2Cc1ccc(C(F)(F)F)cc1)c1nn(CC2CC2)c2ccccc12. The predicted octanol–water partition coefficient (Wildman–Crippen LogP) is 4.63. The fourth-order valence-electron chi connectivity index (χ4n) is 5.61. The smallest absolute Gasteiger partial charge is 0.378 e. The summed E-state index contributed by atoms with van der Waals surface area (Å²) in [5.74, 6) is 0.499. The van der Waals surface area contributed by atoms with Gasteiger partial charge in [-0.15, -0.1) is 0 Å². The van der Waals surface area contributed by atoms with Crippen molar-refractivity contribution in [1.82, 2.24) is 20.0 Å². The van der Waals surface area contributed by atoms with Crippen LogP contribution in [0.2, 0.25) is 0 Å². The highest BCUT2D eigenvalue weighted by atomic mass is 19.4. The topological polar surface area (TPSA) is 59.4 Å². The number of fused-ring (bicyclic) bond motifs is 3. The molecular formula is C27H29F3N4O2. The van der Waals surface area contributed by atoms with Gasteiger partial charge >= 0.3 is 6.18 Å². The molecule has 190 valence electrons. The van der Waals surface area contributed by atoms with Crippen molar-refractivity contribution < 1.29 is 22.7 Å². The fourth-order valence-corrected chi connectivity index (χ4v) is 5.61. The zero-order valence-electron chi connectivity index (χ0n) is 19.9. The number of benzene rings is 2. The van der Waals surface area contributed by atoms with Crippen LogP contribution in [0.5, 0.6) is 0 Å². The summed E-state index contributed by atoms with van der Waals surface area (Å²) in [5, 5.41) is 8.79. The Morgan fingerprint density at radius 3 is 2.39 bits per heavy atom. The van der Waals surface area contributed by atoms with Crippen molar-refractivity contribution in [2.75, 3.05) is 13.2 Å². The Morgan fingerprint density at radius 2 is 1.72 bits per heavy atom. The van der Waals surface area contributed by atoms with E-state index in [1.165, 1.54) is 12.8 Å². The molecule has 3 heterocycles. The van der Waals surface area contributed by atoms with Gasteiger partial charge in [0.1, 0.15) is 0 Å². The van der Waals surface area contributed by atoms with Crippen LogP contribution in [0, 0.1) is 5.92 Å². The standard InChI is InChI=1S/C27H29F3N4O2/c28-27(29,30)19-9-7-17(8-10-19)13-33-21-11-20(12-22(33)16-36-15-21)31-26(35)25-23-3-1-2-4-24(23)34(32-25)14-18-5-6-18/h1-4,7-10,18,20-22H,5-6,11-16H2,(H,31,35)/t20?,21-,22+. The number of rotatable bonds is 6. The maximum absolute atomic E-state index is 13.3. The van der Waals surface area contributed by atoms with Gasteiger partial charge in [0.15, 0.2) is 5.69 Å². The second-order valence-corrected chi connectivity index (χ2v) is 10.3. The van der Waals surface area contributed by atoms with Crippen molar-refractivity contribution in [1.29, 1.82) is 0 Å². The largest absolute Gasteiger partial charge is 0.416 e. The zero-order valence-corrected chi connectivity index (χ0v) is 19.9. The van der Waals surface area contributed by atoms with Gasteiger partial charge in [0.25, 0.3) is 5.91 Å². The molecule has 3 aromatic rings. The molecule has 2 saturated heterocycles. The Labute approximate surface area is 207 Å². The molecule has 2 aliphatic heterocycles. The third kappa shape index (κ3) is 4.74. The van der Waals surface area contributed by atoms with Crippen LogP contribution in [0.4, 0.5) is 13.2 Å². The van der Waals surface area contributed by atoms with Crippen LogP contribution in [0.15, 0.2) is 48.5 Å². The van der Waals surface area contributed by atoms with Gasteiger partial charge in [0.05, 0.1) is 24.3 Å². The number of ether oxygens (including phenoxy) is 1. The van der Waals surface area contributed by atoms with Crippen molar-refractivity contribution in [2.24, 2.45) is 5.92 Å². The number of aromatic nitrogens is 2. The highest BCUT2D eigenvalue weighted by Crippen LogP contribution is 2.33. The summed E-state index contributed by atoms with van der Waals surface area (Å²) >= 11 is 0. The van der Waals surface area contributed by atoms with Gasteiger partial charge in [-0.2, -0.15) is 18.3 Å². The van der Waals surface area contributed by atoms with E-state index >= 15 is 0 Å². The molecule has 0 spiro atoms. The maximum atomic E-state index is 13.3. The van der Waals surface area contributed by atoms with Crippen LogP contribution in [-0.2, 0) is 24.0 Å². The number of halogens is 3. The van der Waals surface area contributed by atoms with Crippen LogP contribution in [-0.4, -0.2) is 51.9 Å². The Bertz CT molecular complexity index is 1240. The number of piperidine rings is 1. The van der Waals surface area contributed by atoms with E-state index in [9.17, 15) is 18.0 Å². The first-order chi connectivity index (χ1) is 17.3. The van der Waals surface area contributed by atoms with Crippen LogP contribution in [0.25, 0.3) is 10.9 Å². The molecule has 1 amide bonds. The quantitative estimate of drug-likeness (QED) is 0.539. The van der Waals surface area contributed by atoms with E-state index in [0.29, 0.717) is 31.4 Å². The number of alkyl halides is 3. The summed E-state index contributed by atoms with van der Waals surface area (Å²) in [5.41, 5.74) is 1.67. The normalized spacial score (nSPS) is 24.7. The number of hydrogen-bond donors (Lipinski definition) is 1. The van der Waals surface area contributed by atoms with E-state index < -0.39 is 11.7 Å². The summed E-state index contributed by atoms with van der Waals surface area (Å²) in [6, 6.07) is 13.4. The molecule has 6 rings (SSSR count). The molecule has 2 aromatic carbocycles. The molecule has 1 aliphatic carbocycles. The van der Waals surface area contributed by atoms with E-state index in [1.807, 2.05) is 28.9 Å². The minimum Gasteiger partial charge on any atom is -0.378 e. The van der Waals surface area contributed by atoms with E-state index in [2.05, 4.69) is 10.2 Å². The van der Waals surface area contributed by atoms with Gasteiger partial charge in [-0.1, -0.05) is 30.3 Å². The van der Waals surface area contributed by atoms with Crippen LogP contribution < -0.4 is 5.32 Å². The lowest BCUT2D eigenvalue weighted by Gasteiger charge is -2.48. The third-order valence-electron chi connectivity index (χ3n) is 7.65. The molecule has 1 unspecified atom stereocenters. The van der Waals surface area contributed by atoms with Crippen LogP contribution in [0.1, 0.15) is 47.3 Å². The molecule has 1 N–H and O–H groups in total. The molecule has 1 aromatic heterocycles.